The van der Waals surface area contributed by atoms with Gasteiger partial charge in [0.1, 0.15) is 0 Å². The zero-order valence-corrected chi connectivity index (χ0v) is 26.9. The average Bonchev–Trinajstić information content (AvgIpc) is 3.04. The average molecular weight is 625 g/mol. The molecule has 0 aliphatic heterocycles. The summed E-state index contributed by atoms with van der Waals surface area (Å²) in [5.74, 6) is -0.109. The van der Waals surface area contributed by atoms with E-state index in [1.165, 1.54) is 13.7 Å². The van der Waals surface area contributed by atoms with E-state index in [2.05, 4.69) is 15.0 Å². The number of rotatable bonds is 12. The summed E-state index contributed by atoms with van der Waals surface area (Å²) in [5, 5.41) is 0. The summed E-state index contributed by atoms with van der Waals surface area (Å²) in [7, 11) is 0. The highest BCUT2D eigenvalue weighted by Gasteiger charge is 2.38. The maximum atomic E-state index is 14.6. The van der Waals surface area contributed by atoms with Gasteiger partial charge in [-0.05, 0) is 101 Å². The van der Waals surface area contributed by atoms with Gasteiger partial charge in [0.25, 0.3) is 0 Å². The molecule has 3 saturated carbocycles. The van der Waals surface area contributed by atoms with Gasteiger partial charge in [0.15, 0.2) is 0 Å². The molecule has 45 heavy (non-hydrogen) atoms. The van der Waals surface area contributed by atoms with Crippen molar-refractivity contribution in [2.75, 3.05) is 0 Å². The Hall–Kier alpha value is -3.45. The lowest BCUT2D eigenvalue weighted by atomic mass is 9.80. The Morgan fingerprint density at radius 3 is 1.24 bits per heavy atom. The van der Waals surface area contributed by atoms with Crippen molar-refractivity contribution in [3.8, 4) is 0 Å². The summed E-state index contributed by atoms with van der Waals surface area (Å²) >= 11 is 0. The summed E-state index contributed by atoms with van der Waals surface area (Å²) < 4.78 is 4.04. The fourth-order valence-electron chi connectivity index (χ4n) is 8.80. The van der Waals surface area contributed by atoms with Crippen molar-refractivity contribution < 1.29 is 14.4 Å². The Balaban J connectivity index is 1.89. The smallest absolute Gasteiger partial charge is 0.247 e. The number of isocyanates is 3. The Kier molecular flexibility index (Phi) is 12.4. The van der Waals surface area contributed by atoms with Gasteiger partial charge >= 0.3 is 17.1 Å². The van der Waals surface area contributed by atoms with Crippen molar-refractivity contribution in [2.45, 2.75) is 153 Å². The molecular formula is C33H48N6O6. The van der Waals surface area contributed by atoms with Crippen molar-refractivity contribution in [1.29, 1.82) is 0 Å². The maximum Gasteiger partial charge on any atom is 0.336 e. The second-order valence-electron chi connectivity index (χ2n) is 13.3. The van der Waals surface area contributed by atoms with Crippen LogP contribution in [0.2, 0.25) is 0 Å². The van der Waals surface area contributed by atoms with E-state index in [-0.39, 0.29) is 35.9 Å². The van der Waals surface area contributed by atoms with Crippen LogP contribution < -0.4 is 17.1 Å². The molecule has 1 aromatic rings. The third kappa shape index (κ3) is 7.51. The number of aliphatic imine (C=N–C) groups is 3. The Morgan fingerprint density at radius 2 is 0.889 bits per heavy atom. The van der Waals surface area contributed by atoms with Crippen LogP contribution in [0, 0.1) is 17.8 Å². The molecule has 1 heterocycles. The van der Waals surface area contributed by atoms with Crippen LogP contribution in [0.1, 0.15) is 135 Å². The number of nitrogens with zero attached hydrogens (tertiary/aromatic N) is 6. The molecule has 1 aromatic heterocycles. The van der Waals surface area contributed by atoms with Gasteiger partial charge in [0.2, 0.25) is 18.2 Å². The highest BCUT2D eigenvalue weighted by Crippen LogP contribution is 2.38. The lowest BCUT2D eigenvalue weighted by Crippen LogP contribution is -2.59. The molecular weight excluding hydrogens is 576 g/mol. The minimum Gasteiger partial charge on any atom is -0.247 e. The second-order valence-corrected chi connectivity index (χ2v) is 13.3. The van der Waals surface area contributed by atoms with Gasteiger partial charge in [-0.1, -0.05) is 33.6 Å². The summed E-state index contributed by atoms with van der Waals surface area (Å²) in [6.07, 6.45) is 15.2. The van der Waals surface area contributed by atoms with E-state index in [0.717, 1.165) is 38.5 Å². The molecule has 0 bridgehead atoms. The highest BCUT2D eigenvalue weighted by molar-refractivity contribution is 5.34. The van der Waals surface area contributed by atoms with Crippen molar-refractivity contribution in [3.63, 3.8) is 0 Å². The van der Waals surface area contributed by atoms with Crippen LogP contribution >= 0.6 is 0 Å². The normalized spacial score (nSPS) is 28.9. The fraction of sp³-hybridized carbons (Fsp3) is 0.818. The van der Waals surface area contributed by atoms with Gasteiger partial charge in [0.05, 0.1) is 18.1 Å². The lowest BCUT2D eigenvalue weighted by Gasteiger charge is -2.37. The molecule has 3 aliphatic rings. The first-order chi connectivity index (χ1) is 21.8. The van der Waals surface area contributed by atoms with E-state index in [1.54, 1.807) is 18.2 Å². The number of hydrogen-bond donors (Lipinski definition) is 0. The highest BCUT2D eigenvalue weighted by atomic mass is 16.2. The van der Waals surface area contributed by atoms with Gasteiger partial charge in [-0.2, -0.15) is 0 Å². The SMILES string of the molecule is CCC(C1CCC(N=C=O)CC1)n1c(=O)n(C(CC)C2CCCC(N=C=O)C2)c(=O)n(C(CC)C2CCCC(N=C=O)C2)c1=O. The van der Waals surface area contributed by atoms with E-state index >= 15 is 0 Å². The molecule has 7 atom stereocenters. The predicted molar refractivity (Wildman–Crippen MR) is 169 cm³/mol. The molecule has 4 rings (SSSR count). The summed E-state index contributed by atoms with van der Waals surface area (Å²) in [6.45, 7) is 5.87. The monoisotopic (exact) mass is 624 g/mol. The minimum absolute atomic E-state index is 0.0139. The number of aromatic nitrogens is 3. The molecule has 3 aliphatic carbocycles. The molecule has 246 valence electrons. The van der Waals surface area contributed by atoms with Crippen LogP contribution in [0.25, 0.3) is 0 Å². The Bertz CT molecular complexity index is 1400. The predicted octanol–water partition coefficient (Wildman–Crippen LogP) is 4.71. The first-order valence-corrected chi connectivity index (χ1v) is 17.0. The van der Waals surface area contributed by atoms with Gasteiger partial charge in [-0.15, -0.1) is 0 Å². The van der Waals surface area contributed by atoms with E-state index in [1.807, 2.05) is 20.8 Å². The van der Waals surface area contributed by atoms with E-state index in [4.69, 9.17) is 0 Å². The molecule has 3 fully saturated rings. The van der Waals surface area contributed by atoms with Crippen LogP contribution in [-0.2, 0) is 14.4 Å². The van der Waals surface area contributed by atoms with Crippen molar-refractivity contribution >= 4 is 18.2 Å². The van der Waals surface area contributed by atoms with Gasteiger partial charge in [0, 0.05) is 18.1 Å². The molecule has 7 unspecified atom stereocenters. The zero-order chi connectivity index (χ0) is 32.5. The molecule has 0 aromatic carbocycles. The van der Waals surface area contributed by atoms with Crippen molar-refractivity contribution in [3.05, 3.63) is 31.5 Å². The fourth-order valence-corrected chi connectivity index (χ4v) is 8.80. The Labute approximate surface area is 263 Å². The van der Waals surface area contributed by atoms with Crippen molar-refractivity contribution in [1.82, 2.24) is 13.7 Å². The van der Waals surface area contributed by atoms with E-state index < -0.39 is 35.2 Å². The minimum atomic E-state index is -0.583. The van der Waals surface area contributed by atoms with Crippen LogP contribution in [0.3, 0.4) is 0 Å². The lowest BCUT2D eigenvalue weighted by molar-refractivity contribution is 0.165. The van der Waals surface area contributed by atoms with E-state index in [0.29, 0.717) is 57.8 Å². The first-order valence-electron chi connectivity index (χ1n) is 17.0. The number of carbonyl (C=O) groups excluding carboxylic acids is 3. The van der Waals surface area contributed by atoms with Crippen LogP contribution in [-0.4, -0.2) is 50.1 Å². The molecule has 0 spiro atoms. The summed E-state index contributed by atoms with van der Waals surface area (Å²) in [4.78, 5) is 88.5. The second kappa shape index (κ2) is 16.2. The molecule has 0 saturated heterocycles. The number of hydrogen-bond acceptors (Lipinski definition) is 9. The molecule has 0 N–H and O–H groups in total. The van der Waals surface area contributed by atoms with Crippen molar-refractivity contribution in [2.24, 2.45) is 32.7 Å². The first kappa shape index (κ1) is 34.4. The summed E-state index contributed by atoms with van der Waals surface area (Å²) in [6, 6.07) is -1.84. The topological polar surface area (TPSA) is 154 Å². The zero-order valence-electron chi connectivity index (χ0n) is 26.9. The summed E-state index contributed by atoms with van der Waals surface area (Å²) in [5.41, 5.74) is -1.73. The largest absolute Gasteiger partial charge is 0.336 e. The molecule has 12 nitrogen and oxygen atoms in total. The van der Waals surface area contributed by atoms with Crippen LogP contribution in [0.5, 0.6) is 0 Å². The third-order valence-electron chi connectivity index (χ3n) is 10.9. The van der Waals surface area contributed by atoms with Crippen LogP contribution in [0.4, 0.5) is 0 Å². The van der Waals surface area contributed by atoms with Gasteiger partial charge in [-0.25, -0.2) is 57.4 Å². The quantitative estimate of drug-likeness (QED) is 0.242. The third-order valence-corrected chi connectivity index (χ3v) is 10.9. The molecule has 12 heteroatoms. The Morgan fingerprint density at radius 1 is 0.533 bits per heavy atom. The molecule has 0 radical (unpaired) electrons. The van der Waals surface area contributed by atoms with Gasteiger partial charge in [-0.3, -0.25) is 0 Å². The van der Waals surface area contributed by atoms with E-state index in [9.17, 15) is 28.8 Å². The standard InChI is InChI=1S/C33H48N6O6/c1-4-28(22-13-15-25(16-14-22)34-19-40)37-31(43)38(29(5-2)23-9-7-11-26(17-23)35-20-41)33(45)39(32(37)44)30(6-3)24-10-8-12-27(18-24)36-21-42/h22-30H,4-18H2,1-3H3. The molecule has 0 amide bonds. The van der Waals surface area contributed by atoms with Gasteiger partial charge < -0.3 is 0 Å². The van der Waals surface area contributed by atoms with Crippen LogP contribution in [0.15, 0.2) is 29.4 Å². The maximum absolute atomic E-state index is 14.6.